The fraction of sp³-hybridized carbons (Fsp3) is 1.00. The molecule has 0 amide bonds. The minimum absolute atomic E-state index is 0.0990. The first-order chi connectivity index (χ1) is 12.4. The fourth-order valence-electron chi connectivity index (χ4n) is 2.04. The molecule has 1 aliphatic rings. The third-order valence-corrected chi connectivity index (χ3v) is 3.69. The summed E-state index contributed by atoms with van der Waals surface area (Å²) < 4.78 is 38.8. The third-order valence-electron chi connectivity index (χ3n) is 3.37. The van der Waals surface area contributed by atoms with Gasteiger partial charge >= 0.3 is 0 Å². The van der Waals surface area contributed by atoms with Crippen LogP contribution in [0.25, 0.3) is 0 Å². The van der Waals surface area contributed by atoms with E-state index in [2.05, 4.69) is 12.6 Å². The molecule has 0 radical (unpaired) electrons. The average molecular weight is 383 g/mol. The Morgan fingerprint density at radius 2 is 1.20 bits per heavy atom. The van der Waals surface area contributed by atoms with Crippen LogP contribution < -0.4 is 0 Å². The topological polar surface area (TPSA) is 64.6 Å². The molecule has 25 heavy (non-hydrogen) atoms. The molecule has 0 aliphatic carbocycles. The van der Waals surface area contributed by atoms with Crippen LogP contribution >= 0.6 is 12.6 Å². The molecule has 1 rings (SSSR count). The Hall–Kier alpha value is 0.0700. The van der Waals surface area contributed by atoms with Crippen LogP contribution in [0.15, 0.2) is 0 Å². The van der Waals surface area contributed by atoms with E-state index in [4.69, 9.17) is 33.2 Å². The van der Waals surface area contributed by atoms with Gasteiger partial charge in [-0.2, -0.15) is 12.6 Å². The highest BCUT2D eigenvalue weighted by molar-refractivity contribution is 7.80. The van der Waals surface area contributed by atoms with Crippen LogP contribution in [0.2, 0.25) is 0 Å². The van der Waals surface area contributed by atoms with E-state index < -0.39 is 0 Å². The van der Waals surface area contributed by atoms with Gasteiger partial charge in [0, 0.05) is 6.61 Å². The maximum absolute atomic E-state index is 5.80. The van der Waals surface area contributed by atoms with Crippen LogP contribution in [0.4, 0.5) is 0 Å². The van der Waals surface area contributed by atoms with E-state index in [1.165, 1.54) is 0 Å². The molecule has 1 heterocycles. The molecule has 1 saturated heterocycles. The van der Waals surface area contributed by atoms with Crippen molar-refractivity contribution in [2.24, 2.45) is 0 Å². The summed E-state index contributed by atoms with van der Waals surface area (Å²) in [7, 11) is 0. The summed E-state index contributed by atoms with van der Waals surface area (Å²) in [6.07, 6.45) is 1.97. The molecule has 0 N–H and O–H groups in total. The third kappa shape index (κ3) is 16.0. The van der Waals surface area contributed by atoms with Gasteiger partial charge in [0.1, 0.15) is 6.10 Å². The first-order valence-electron chi connectivity index (χ1n) is 9.12. The maximum atomic E-state index is 5.80. The van der Waals surface area contributed by atoms with Crippen molar-refractivity contribution in [1.29, 1.82) is 0 Å². The lowest BCUT2D eigenvalue weighted by Gasteiger charge is -2.18. The molecule has 0 aromatic carbocycles. The molecule has 1 unspecified atom stereocenters. The highest BCUT2D eigenvalue weighted by Crippen LogP contribution is 1.99. The highest BCUT2D eigenvalue weighted by Gasteiger charge is 2.10. The second kappa shape index (κ2) is 18.8. The Morgan fingerprint density at radius 3 is 1.76 bits per heavy atom. The minimum Gasteiger partial charge on any atom is -0.379 e. The van der Waals surface area contributed by atoms with Gasteiger partial charge in [-0.05, 0) is 18.6 Å². The zero-order valence-electron chi connectivity index (χ0n) is 15.2. The number of unbranched alkanes of at least 4 members (excludes halogenated alkanes) is 1. The zero-order chi connectivity index (χ0) is 17.8. The van der Waals surface area contributed by atoms with Gasteiger partial charge in [0.25, 0.3) is 0 Å². The molecule has 0 saturated carbocycles. The summed E-state index contributed by atoms with van der Waals surface area (Å²) in [4.78, 5) is 0. The van der Waals surface area contributed by atoms with Crippen molar-refractivity contribution < 1.29 is 33.2 Å². The molecule has 1 atom stereocenters. The van der Waals surface area contributed by atoms with E-state index in [1.807, 2.05) is 0 Å². The van der Waals surface area contributed by atoms with Crippen LogP contribution in [0.5, 0.6) is 0 Å². The number of hydrogen-bond acceptors (Lipinski definition) is 8. The Morgan fingerprint density at radius 1 is 0.680 bits per heavy atom. The lowest BCUT2D eigenvalue weighted by Crippen LogP contribution is -2.28. The van der Waals surface area contributed by atoms with E-state index in [-0.39, 0.29) is 6.10 Å². The number of hydrogen-bond donors (Lipinski definition) is 1. The highest BCUT2D eigenvalue weighted by atomic mass is 32.1. The predicted octanol–water partition coefficient (Wildman–Crippen LogP) is 1.19. The number of rotatable bonds is 6. The van der Waals surface area contributed by atoms with Crippen molar-refractivity contribution in [3.05, 3.63) is 0 Å². The zero-order valence-corrected chi connectivity index (χ0v) is 16.1. The summed E-state index contributed by atoms with van der Waals surface area (Å²) in [5, 5.41) is 0. The average Bonchev–Trinajstić information content (AvgIpc) is 2.62. The Kier molecular flexibility index (Phi) is 17.4. The summed E-state index contributed by atoms with van der Waals surface area (Å²) in [6.45, 7) is 7.18. The largest absolute Gasteiger partial charge is 0.379 e. The molecule has 150 valence electrons. The Bertz CT molecular complexity index is 253. The first-order valence-corrected chi connectivity index (χ1v) is 9.75. The fourth-order valence-corrected chi connectivity index (χ4v) is 2.27. The molecule has 0 spiro atoms. The van der Waals surface area contributed by atoms with Gasteiger partial charge in [-0.3, -0.25) is 0 Å². The van der Waals surface area contributed by atoms with Crippen LogP contribution in [0.3, 0.4) is 0 Å². The van der Waals surface area contributed by atoms with Gasteiger partial charge in [0.05, 0.1) is 79.3 Å². The van der Waals surface area contributed by atoms with E-state index in [0.717, 1.165) is 25.2 Å². The molecular formula is C17H34O7S. The van der Waals surface area contributed by atoms with Gasteiger partial charge in [-0.1, -0.05) is 0 Å². The van der Waals surface area contributed by atoms with Gasteiger partial charge in [0.2, 0.25) is 0 Å². The normalized spacial score (nSPS) is 23.6. The predicted molar refractivity (Wildman–Crippen MR) is 97.7 cm³/mol. The van der Waals surface area contributed by atoms with Crippen LogP contribution in [-0.4, -0.2) is 97.7 Å². The van der Waals surface area contributed by atoms with Gasteiger partial charge in [0.15, 0.2) is 0 Å². The van der Waals surface area contributed by atoms with Crippen molar-refractivity contribution in [2.75, 3.05) is 91.6 Å². The summed E-state index contributed by atoms with van der Waals surface area (Å²) >= 11 is 4.19. The monoisotopic (exact) mass is 382 g/mol. The SMILES string of the molecule is SCCCCOCC1COCCOCCOCCOCCOCCO1. The van der Waals surface area contributed by atoms with Crippen molar-refractivity contribution in [3.8, 4) is 0 Å². The van der Waals surface area contributed by atoms with E-state index in [9.17, 15) is 0 Å². The smallest absolute Gasteiger partial charge is 0.104 e. The molecule has 8 heteroatoms. The van der Waals surface area contributed by atoms with E-state index >= 15 is 0 Å². The van der Waals surface area contributed by atoms with Gasteiger partial charge in [-0.15, -0.1) is 0 Å². The Balaban J connectivity index is 2.20. The summed E-state index contributed by atoms with van der Waals surface area (Å²) in [5.41, 5.74) is 0. The van der Waals surface area contributed by atoms with Crippen LogP contribution in [-0.2, 0) is 33.2 Å². The molecule has 0 aromatic rings. The molecule has 0 bridgehead atoms. The van der Waals surface area contributed by atoms with E-state index in [0.29, 0.717) is 79.3 Å². The van der Waals surface area contributed by atoms with Gasteiger partial charge < -0.3 is 33.2 Å². The summed E-state index contributed by atoms with van der Waals surface area (Å²) in [6, 6.07) is 0. The Labute approximate surface area is 157 Å². The second-order valence-corrected chi connectivity index (χ2v) is 5.97. The molecule has 1 aliphatic heterocycles. The number of thiol groups is 1. The minimum atomic E-state index is -0.0990. The van der Waals surface area contributed by atoms with Gasteiger partial charge in [-0.25, -0.2) is 0 Å². The van der Waals surface area contributed by atoms with E-state index in [1.54, 1.807) is 0 Å². The molecule has 1 fully saturated rings. The second-order valence-electron chi connectivity index (χ2n) is 5.52. The lowest BCUT2D eigenvalue weighted by atomic mass is 10.3. The quantitative estimate of drug-likeness (QED) is 0.547. The van der Waals surface area contributed by atoms with Crippen molar-refractivity contribution in [1.82, 2.24) is 0 Å². The lowest BCUT2D eigenvalue weighted by molar-refractivity contribution is -0.0845. The van der Waals surface area contributed by atoms with Crippen LogP contribution in [0.1, 0.15) is 12.8 Å². The molecular weight excluding hydrogens is 348 g/mol. The van der Waals surface area contributed by atoms with Crippen molar-refractivity contribution in [3.63, 3.8) is 0 Å². The maximum Gasteiger partial charge on any atom is 0.104 e. The number of ether oxygens (including phenoxy) is 7. The standard InChI is InChI=1S/C17H34O7S/c25-14-2-1-3-22-15-17-16-23-11-10-20-7-6-18-4-5-19-8-9-21-12-13-24-17/h17,25H,1-16H2. The van der Waals surface area contributed by atoms with Crippen molar-refractivity contribution in [2.45, 2.75) is 18.9 Å². The summed E-state index contributed by atoms with van der Waals surface area (Å²) in [5.74, 6) is 0.887. The molecule has 0 aromatic heterocycles. The van der Waals surface area contributed by atoms with Crippen molar-refractivity contribution >= 4 is 12.6 Å². The first kappa shape index (κ1) is 23.1. The van der Waals surface area contributed by atoms with Crippen LogP contribution in [0, 0.1) is 0 Å². The molecule has 7 nitrogen and oxygen atoms in total.